The van der Waals surface area contributed by atoms with Gasteiger partial charge in [0.05, 0.1) is 10.9 Å². The Labute approximate surface area is 87.5 Å². The molecular weight excluding hydrogens is 220 g/mol. The van der Waals surface area contributed by atoms with Gasteiger partial charge in [-0.1, -0.05) is 6.07 Å². The van der Waals surface area contributed by atoms with Crippen molar-refractivity contribution in [3.63, 3.8) is 0 Å². The van der Waals surface area contributed by atoms with E-state index in [-0.39, 0.29) is 16.5 Å². The predicted molar refractivity (Wildman–Crippen MR) is 52.7 cm³/mol. The van der Waals surface area contributed by atoms with E-state index in [1.807, 2.05) is 0 Å². The molecule has 84 valence electrons. The highest BCUT2D eigenvalue weighted by Crippen LogP contribution is 2.27. The van der Waals surface area contributed by atoms with Crippen LogP contribution in [-0.2, 0) is 5.92 Å². The maximum atomic E-state index is 13.0. The van der Waals surface area contributed by atoms with Gasteiger partial charge in [0, 0.05) is 12.5 Å². The van der Waals surface area contributed by atoms with E-state index in [0.29, 0.717) is 0 Å². The molecule has 0 amide bonds. The minimum Gasteiger partial charge on any atom is -0.372 e. The third kappa shape index (κ3) is 1.73. The van der Waals surface area contributed by atoms with Crippen LogP contribution in [0.2, 0.25) is 0 Å². The van der Waals surface area contributed by atoms with Crippen LogP contribution in [0.1, 0.15) is 12.5 Å². The summed E-state index contributed by atoms with van der Waals surface area (Å²) in [6.45, 7) is 0.734. The molecule has 1 heterocycles. The Morgan fingerprint density at radius 1 is 1.31 bits per heavy atom. The Kier molecular flexibility index (Phi) is 2.15. The molecule has 0 aliphatic rings. The van der Waals surface area contributed by atoms with E-state index in [9.17, 15) is 18.4 Å². The van der Waals surface area contributed by atoms with Crippen molar-refractivity contribution < 1.29 is 13.2 Å². The van der Waals surface area contributed by atoms with Gasteiger partial charge in [-0.2, -0.15) is 0 Å². The molecule has 0 fully saturated rings. The maximum absolute atomic E-state index is 13.0. The Bertz CT molecular complexity index is 651. The van der Waals surface area contributed by atoms with Crippen molar-refractivity contribution in [2.45, 2.75) is 12.8 Å². The van der Waals surface area contributed by atoms with Gasteiger partial charge in [-0.05, 0) is 12.1 Å². The quantitative estimate of drug-likeness (QED) is 0.804. The topological polar surface area (TPSA) is 63.1 Å². The molecule has 0 saturated carbocycles. The first kappa shape index (κ1) is 10.5. The summed E-state index contributed by atoms with van der Waals surface area (Å²) in [4.78, 5) is 24.2. The molecule has 0 bridgehead atoms. The minimum absolute atomic E-state index is 0.0419. The highest BCUT2D eigenvalue weighted by atomic mass is 19.3. The first-order chi connectivity index (χ1) is 7.38. The molecule has 4 nitrogen and oxygen atoms in total. The number of benzene rings is 1. The summed E-state index contributed by atoms with van der Waals surface area (Å²) in [7, 11) is 0. The number of aromatic nitrogens is 1. The molecule has 0 saturated heterocycles. The molecule has 0 spiro atoms. The monoisotopic (exact) mass is 227 g/mol. The molecule has 6 heteroatoms. The molecular formula is C10H7F2NO3. The van der Waals surface area contributed by atoms with Crippen molar-refractivity contribution in [1.29, 1.82) is 0 Å². The molecule has 0 unspecified atom stereocenters. The summed E-state index contributed by atoms with van der Waals surface area (Å²) < 4.78 is 30.2. The highest BCUT2D eigenvalue weighted by Gasteiger charge is 2.24. The first-order valence-electron chi connectivity index (χ1n) is 4.43. The van der Waals surface area contributed by atoms with Crippen LogP contribution in [0.5, 0.6) is 0 Å². The highest BCUT2D eigenvalue weighted by molar-refractivity contribution is 5.77. The van der Waals surface area contributed by atoms with Crippen LogP contribution in [0.15, 0.2) is 32.2 Å². The van der Waals surface area contributed by atoms with Gasteiger partial charge < -0.3 is 4.42 Å². The normalized spacial score (nSPS) is 11.9. The molecule has 0 atom stereocenters. The third-order valence-corrected chi connectivity index (χ3v) is 2.17. The summed E-state index contributed by atoms with van der Waals surface area (Å²) >= 11 is 0. The summed E-state index contributed by atoms with van der Waals surface area (Å²) in [5.74, 6) is -3.99. The molecule has 0 aliphatic carbocycles. The van der Waals surface area contributed by atoms with Crippen molar-refractivity contribution in [2.75, 3.05) is 0 Å². The molecule has 1 N–H and O–H groups in total. The van der Waals surface area contributed by atoms with Crippen LogP contribution in [0, 0.1) is 0 Å². The summed E-state index contributed by atoms with van der Waals surface area (Å²) in [5, 5.41) is 0.0626. The van der Waals surface area contributed by atoms with Crippen molar-refractivity contribution >= 4 is 10.9 Å². The largest absolute Gasteiger partial charge is 0.419 e. The van der Waals surface area contributed by atoms with E-state index < -0.39 is 17.3 Å². The summed E-state index contributed by atoms with van der Waals surface area (Å²) in [6.07, 6.45) is 0. The Hall–Kier alpha value is -1.98. The SMILES string of the molecule is CC(F)(F)c1ccc2c(=O)oc(=O)[nH]c2c1. The molecule has 2 aromatic rings. The molecule has 1 aromatic carbocycles. The van der Waals surface area contributed by atoms with Gasteiger partial charge in [-0.25, -0.2) is 18.4 Å². The van der Waals surface area contributed by atoms with Crippen LogP contribution in [0.3, 0.4) is 0 Å². The zero-order valence-corrected chi connectivity index (χ0v) is 8.21. The Morgan fingerprint density at radius 3 is 2.62 bits per heavy atom. The zero-order valence-electron chi connectivity index (χ0n) is 8.21. The average molecular weight is 227 g/mol. The van der Waals surface area contributed by atoms with E-state index in [1.54, 1.807) is 0 Å². The minimum atomic E-state index is -3.03. The van der Waals surface area contributed by atoms with Crippen LogP contribution >= 0.6 is 0 Å². The van der Waals surface area contributed by atoms with E-state index >= 15 is 0 Å². The Morgan fingerprint density at radius 2 is 2.00 bits per heavy atom. The number of aromatic amines is 1. The second-order valence-electron chi connectivity index (χ2n) is 3.45. The lowest BCUT2D eigenvalue weighted by molar-refractivity contribution is 0.0176. The number of alkyl halides is 2. The maximum Gasteiger partial charge on any atom is 0.419 e. The number of nitrogens with one attached hydrogen (secondary N) is 1. The molecule has 2 rings (SSSR count). The second kappa shape index (κ2) is 3.26. The van der Waals surface area contributed by atoms with Crippen molar-refractivity contribution in [1.82, 2.24) is 4.98 Å². The number of halogens is 2. The van der Waals surface area contributed by atoms with Gasteiger partial charge in [0.2, 0.25) is 0 Å². The number of hydrogen-bond donors (Lipinski definition) is 1. The van der Waals surface area contributed by atoms with E-state index in [1.165, 1.54) is 6.07 Å². The van der Waals surface area contributed by atoms with Gasteiger partial charge in [0.25, 0.3) is 5.92 Å². The van der Waals surface area contributed by atoms with Gasteiger partial charge >= 0.3 is 11.4 Å². The number of fused-ring (bicyclic) bond motifs is 1. The fourth-order valence-electron chi connectivity index (χ4n) is 1.37. The van der Waals surface area contributed by atoms with E-state index in [4.69, 9.17) is 0 Å². The van der Waals surface area contributed by atoms with E-state index in [2.05, 4.69) is 9.40 Å². The number of hydrogen-bond acceptors (Lipinski definition) is 3. The summed E-state index contributed by atoms with van der Waals surface area (Å²) in [6, 6.07) is 3.38. The predicted octanol–water partition coefficient (Wildman–Crippen LogP) is 1.59. The fourth-order valence-corrected chi connectivity index (χ4v) is 1.37. The van der Waals surface area contributed by atoms with Crippen LogP contribution in [-0.4, -0.2) is 4.98 Å². The number of H-pyrrole nitrogens is 1. The lowest BCUT2D eigenvalue weighted by Crippen LogP contribution is -2.15. The standard InChI is InChI=1S/C10H7F2NO3/c1-10(11,12)5-2-3-6-7(4-5)13-9(15)16-8(6)14/h2-4H,1H3,(H,13,15). The van der Waals surface area contributed by atoms with Crippen LogP contribution < -0.4 is 11.4 Å². The number of rotatable bonds is 1. The smallest absolute Gasteiger partial charge is 0.372 e. The van der Waals surface area contributed by atoms with Crippen molar-refractivity contribution in [2.24, 2.45) is 0 Å². The van der Waals surface area contributed by atoms with Crippen molar-refractivity contribution in [3.8, 4) is 0 Å². The van der Waals surface area contributed by atoms with Gasteiger partial charge in [-0.15, -0.1) is 0 Å². The first-order valence-corrected chi connectivity index (χ1v) is 4.43. The lowest BCUT2D eigenvalue weighted by atomic mass is 10.1. The third-order valence-electron chi connectivity index (χ3n) is 2.17. The molecule has 1 aromatic heterocycles. The van der Waals surface area contributed by atoms with E-state index in [0.717, 1.165) is 19.1 Å². The second-order valence-corrected chi connectivity index (χ2v) is 3.45. The van der Waals surface area contributed by atoms with Gasteiger partial charge in [0.15, 0.2) is 0 Å². The Balaban J connectivity index is 2.82. The van der Waals surface area contributed by atoms with Gasteiger partial charge in [-0.3, -0.25) is 4.98 Å². The van der Waals surface area contributed by atoms with Crippen LogP contribution in [0.4, 0.5) is 8.78 Å². The zero-order chi connectivity index (χ0) is 11.9. The van der Waals surface area contributed by atoms with Crippen LogP contribution in [0.25, 0.3) is 10.9 Å². The van der Waals surface area contributed by atoms with Gasteiger partial charge in [0.1, 0.15) is 0 Å². The molecule has 0 aliphatic heterocycles. The summed E-state index contributed by atoms with van der Waals surface area (Å²) in [5.41, 5.74) is -1.08. The lowest BCUT2D eigenvalue weighted by Gasteiger charge is -2.10. The fraction of sp³-hybridized carbons (Fsp3) is 0.200. The average Bonchev–Trinajstić information content (AvgIpc) is 2.15. The van der Waals surface area contributed by atoms with Crippen molar-refractivity contribution in [3.05, 3.63) is 44.7 Å². The molecule has 16 heavy (non-hydrogen) atoms. The molecule has 0 radical (unpaired) electrons.